The molecule has 1 fully saturated rings. The van der Waals surface area contributed by atoms with E-state index in [1.54, 1.807) is 4.90 Å². The number of carboxylic acid groups (broad SMARTS) is 1. The van der Waals surface area contributed by atoms with Crippen LogP contribution in [-0.2, 0) is 16.1 Å². The highest BCUT2D eigenvalue weighted by Crippen LogP contribution is 2.34. The highest BCUT2D eigenvalue weighted by Gasteiger charge is 2.36. The molecule has 2 aromatic rings. The molecule has 3 rings (SSSR count). The molecule has 0 saturated carbocycles. The lowest BCUT2D eigenvalue weighted by molar-refractivity contribution is -0.129. The molecule has 1 aliphatic heterocycles. The summed E-state index contributed by atoms with van der Waals surface area (Å²) in [5.41, 5.74) is 1.36. The third-order valence-corrected chi connectivity index (χ3v) is 4.56. The van der Waals surface area contributed by atoms with E-state index in [0.717, 1.165) is 11.6 Å². The lowest BCUT2D eigenvalue weighted by atomic mass is 9.96. The van der Waals surface area contributed by atoms with Gasteiger partial charge in [0.2, 0.25) is 5.91 Å². The van der Waals surface area contributed by atoms with Crippen molar-refractivity contribution in [1.29, 1.82) is 0 Å². The van der Waals surface area contributed by atoms with Gasteiger partial charge in [0, 0.05) is 19.2 Å². The van der Waals surface area contributed by atoms with E-state index in [4.69, 9.17) is 0 Å². The van der Waals surface area contributed by atoms with Crippen LogP contribution in [0.2, 0.25) is 0 Å². The number of ketones is 1. The Kier molecular flexibility index (Phi) is 5.12. The number of amides is 1. The number of hydrogen-bond acceptors (Lipinski definition) is 4. The molecule has 27 heavy (non-hydrogen) atoms. The van der Waals surface area contributed by atoms with Gasteiger partial charge < -0.3 is 20.1 Å². The number of H-pyrrole nitrogens is 1. The van der Waals surface area contributed by atoms with Crippen LogP contribution in [0.15, 0.2) is 42.5 Å². The second kappa shape index (κ2) is 7.49. The molecule has 1 saturated heterocycles. The first-order valence-electron chi connectivity index (χ1n) is 8.57. The van der Waals surface area contributed by atoms with Crippen molar-refractivity contribution in [3.63, 3.8) is 0 Å². The summed E-state index contributed by atoms with van der Waals surface area (Å²) in [5.74, 6) is -2.67. The van der Waals surface area contributed by atoms with Crippen molar-refractivity contribution >= 4 is 23.4 Å². The molecule has 140 valence electrons. The minimum absolute atomic E-state index is 0.0995. The molecule has 1 aromatic heterocycles. The largest absolute Gasteiger partial charge is 0.506 e. The SMILES string of the molecule is CC(=O)/C=C(/O)c1[nH]c(C(=O)O)cc1C1CCN(Cc2ccccc2)C1=O. The monoisotopic (exact) mass is 368 g/mol. The number of aliphatic hydroxyl groups excluding tert-OH is 1. The molecule has 0 aliphatic carbocycles. The number of carbonyl (C=O) groups excluding carboxylic acids is 2. The van der Waals surface area contributed by atoms with Crippen LogP contribution in [0.3, 0.4) is 0 Å². The maximum absolute atomic E-state index is 12.9. The van der Waals surface area contributed by atoms with Gasteiger partial charge in [0.1, 0.15) is 11.5 Å². The number of carboxylic acids is 1. The molecule has 1 unspecified atom stereocenters. The number of aromatic carboxylic acids is 1. The number of benzene rings is 1. The Morgan fingerprint density at radius 3 is 2.59 bits per heavy atom. The van der Waals surface area contributed by atoms with Gasteiger partial charge in [-0.3, -0.25) is 9.59 Å². The fraction of sp³-hybridized carbons (Fsp3) is 0.250. The molecular weight excluding hydrogens is 348 g/mol. The first kappa shape index (κ1) is 18.4. The summed E-state index contributed by atoms with van der Waals surface area (Å²) in [4.78, 5) is 39.8. The van der Waals surface area contributed by atoms with Crippen LogP contribution in [0.5, 0.6) is 0 Å². The predicted octanol–water partition coefficient (Wildman–Crippen LogP) is 2.72. The first-order chi connectivity index (χ1) is 12.9. The first-order valence-corrected chi connectivity index (χ1v) is 8.57. The molecule has 0 bridgehead atoms. The van der Waals surface area contributed by atoms with E-state index in [1.165, 1.54) is 13.0 Å². The van der Waals surface area contributed by atoms with Gasteiger partial charge in [0.25, 0.3) is 0 Å². The van der Waals surface area contributed by atoms with Gasteiger partial charge in [-0.25, -0.2) is 4.79 Å². The third-order valence-electron chi connectivity index (χ3n) is 4.56. The van der Waals surface area contributed by atoms with Crippen molar-refractivity contribution in [2.45, 2.75) is 25.8 Å². The van der Waals surface area contributed by atoms with Crippen LogP contribution in [-0.4, -0.2) is 44.3 Å². The number of aromatic nitrogens is 1. The minimum Gasteiger partial charge on any atom is -0.506 e. The molecular formula is C20H20N2O5. The van der Waals surface area contributed by atoms with Crippen LogP contribution >= 0.6 is 0 Å². The average molecular weight is 368 g/mol. The van der Waals surface area contributed by atoms with Gasteiger partial charge in [0.05, 0.1) is 11.6 Å². The van der Waals surface area contributed by atoms with E-state index in [0.29, 0.717) is 25.1 Å². The standard InChI is InChI=1S/C20H20N2O5/c1-12(23)9-17(24)18-15(10-16(21-18)20(26)27)14-7-8-22(19(14)25)11-13-5-3-2-4-6-13/h2-6,9-10,14,21,24H,7-8,11H2,1H3,(H,26,27)/b17-9+. The van der Waals surface area contributed by atoms with Gasteiger partial charge in [-0.1, -0.05) is 30.3 Å². The maximum atomic E-state index is 12.9. The van der Waals surface area contributed by atoms with Gasteiger partial charge in [-0.2, -0.15) is 0 Å². The van der Waals surface area contributed by atoms with Crippen molar-refractivity contribution in [1.82, 2.24) is 9.88 Å². The smallest absolute Gasteiger partial charge is 0.352 e. The summed E-state index contributed by atoms with van der Waals surface area (Å²) < 4.78 is 0. The van der Waals surface area contributed by atoms with E-state index in [2.05, 4.69) is 4.98 Å². The number of likely N-dealkylation sites (tertiary alicyclic amines) is 1. The maximum Gasteiger partial charge on any atom is 0.352 e. The van der Waals surface area contributed by atoms with E-state index >= 15 is 0 Å². The Hall–Kier alpha value is -3.35. The van der Waals surface area contributed by atoms with Crippen molar-refractivity contribution in [3.05, 3.63) is 65.0 Å². The molecule has 3 N–H and O–H groups in total. The second-order valence-corrected chi connectivity index (χ2v) is 6.55. The molecule has 7 nitrogen and oxygen atoms in total. The van der Waals surface area contributed by atoms with Crippen LogP contribution in [0.25, 0.3) is 5.76 Å². The Morgan fingerprint density at radius 2 is 1.96 bits per heavy atom. The molecule has 1 amide bonds. The average Bonchev–Trinajstić information content (AvgIpc) is 3.20. The molecule has 1 atom stereocenters. The van der Waals surface area contributed by atoms with E-state index in [-0.39, 0.29) is 28.8 Å². The van der Waals surface area contributed by atoms with Crippen LogP contribution in [0, 0.1) is 0 Å². The number of aromatic amines is 1. The van der Waals surface area contributed by atoms with E-state index < -0.39 is 11.9 Å². The number of carbonyl (C=O) groups is 3. The minimum atomic E-state index is -1.20. The second-order valence-electron chi connectivity index (χ2n) is 6.55. The normalized spacial score (nSPS) is 17.4. The van der Waals surface area contributed by atoms with Crippen molar-refractivity contribution in [2.24, 2.45) is 0 Å². The Balaban J connectivity index is 1.90. The number of allylic oxidation sites excluding steroid dienone is 1. The summed E-state index contributed by atoms with van der Waals surface area (Å²) >= 11 is 0. The van der Waals surface area contributed by atoms with Crippen LogP contribution in [0.1, 0.15) is 46.6 Å². The summed E-state index contributed by atoms with van der Waals surface area (Å²) in [6, 6.07) is 10.9. The lowest BCUT2D eigenvalue weighted by Gasteiger charge is -2.17. The molecule has 1 aromatic carbocycles. The summed E-state index contributed by atoms with van der Waals surface area (Å²) in [7, 11) is 0. The van der Waals surface area contributed by atoms with Gasteiger partial charge in [0.15, 0.2) is 5.78 Å². The van der Waals surface area contributed by atoms with Gasteiger partial charge in [-0.05, 0) is 30.5 Å². The molecule has 7 heteroatoms. The van der Waals surface area contributed by atoms with Crippen molar-refractivity contribution in [2.75, 3.05) is 6.54 Å². The number of aliphatic hydroxyl groups is 1. The summed E-state index contributed by atoms with van der Waals surface area (Å²) in [5, 5.41) is 19.5. The Labute approximate surface area is 155 Å². The Morgan fingerprint density at radius 1 is 1.26 bits per heavy atom. The fourth-order valence-corrected chi connectivity index (χ4v) is 3.33. The van der Waals surface area contributed by atoms with Crippen LogP contribution in [0.4, 0.5) is 0 Å². The van der Waals surface area contributed by atoms with Crippen LogP contribution < -0.4 is 0 Å². The summed E-state index contributed by atoms with van der Waals surface area (Å²) in [6.45, 7) is 2.28. The predicted molar refractivity (Wildman–Crippen MR) is 98.3 cm³/mol. The zero-order valence-corrected chi connectivity index (χ0v) is 14.8. The lowest BCUT2D eigenvalue weighted by Crippen LogP contribution is -2.26. The van der Waals surface area contributed by atoms with E-state index in [1.807, 2.05) is 30.3 Å². The summed E-state index contributed by atoms with van der Waals surface area (Å²) in [6.07, 6.45) is 1.51. The third kappa shape index (κ3) is 3.92. The van der Waals surface area contributed by atoms with Gasteiger partial charge in [-0.15, -0.1) is 0 Å². The van der Waals surface area contributed by atoms with E-state index in [9.17, 15) is 24.6 Å². The highest BCUT2D eigenvalue weighted by atomic mass is 16.4. The van der Waals surface area contributed by atoms with Crippen molar-refractivity contribution < 1.29 is 24.6 Å². The van der Waals surface area contributed by atoms with Gasteiger partial charge >= 0.3 is 5.97 Å². The quantitative estimate of drug-likeness (QED) is 0.536. The molecule has 1 aliphatic rings. The molecule has 0 spiro atoms. The Bertz CT molecular complexity index is 914. The number of nitrogens with one attached hydrogen (secondary N) is 1. The molecule has 2 heterocycles. The fourth-order valence-electron chi connectivity index (χ4n) is 3.33. The zero-order chi connectivity index (χ0) is 19.6. The molecule has 0 radical (unpaired) electrons. The zero-order valence-electron chi connectivity index (χ0n) is 14.8. The number of hydrogen-bond donors (Lipinski definition) is 3. The highest BCUT2D eigenvalue weighted by molar-refractivity contribution is 5.95. The number of nitrogens with zero attached hydrogens (tertiary/aromatic N) is 1. The number of rotatable bonds is 6. The topological polar surface area (TPSA) is 111 Å². The van der Waals surface area contributed by atoms with Crippen molar-refractivity contribution in [3.8, 4) is 0 Å².